The summed E-state index contributed by atoms with van der Waals surface area (Å²) in [5.41, 5.74) is 10.1. The van der Waals surface area contributed by atoms with Gasteiger partial charge in [0.25, 0.3) is 0 Å². The Kier molecular flexibility index (Phi) is 6.17. The average molecular weight is 472 g/mol. The van der Waals surface area contributed by atoms with Gasteiger partial charge in [0, 0.05) is 76.2 Å². The molecule has 5 heterocycles. The Morgan fingerprint density at radius 1 is 1.00 bits per heavy atom. The number of nitrogens with zero attached hydrogens (tertiary/aromatic N) is 8. The Morgan fingerprint density at radius 2 is 1.73 bits per heavy atom. The standard InChI is InChI=1S/C20H25N9O3S/c21-20-22-9-15(10-23-20)17-13-29-12-16(11-26-1-3-27(4-2-26)14-33(30)31)24-18(29)19(25-17)28-5-7-32-8-6-28/h9-10,12-14H,1-8,11H2,(H2,21,22,23). The van der Waals surface area contributed by atoms with Gasteiger partial charge in [0.15, 0.2) is 11.5 Å². The summed E-state index contributed by atoms with van der Waals surface area (Å²) in [7, 11) is -2.17. The molecule has 2 N–H and O–H groups in total. The van der Waals surface area contributed by atoms with Crippen LogP contribution in [0.2, 0.25) is 0 Å². The molecule has 33 heavy (non-hydrogen) atoms. The third-order valence-electron chi connectivity index (χ3n) is 5.78. The van der Waals surface area contributed by atoms with Gasteiger partial charge in [-0.1, -0.05) is 0 Å². The molecule has 0 bridgehead atoms. The van der Waals surface area contributed by atoms with E-state index in [1.165, 1.54) is 5.49 Å². The van der Waals surface area contributed by atoms with Crippen molar-refractivity contribution in [1.29, 1.82) is 0 Å². The first-order chi connectivity index (χ1) is 16.0. The summed E-state index contributed by atoms with van der Waals surface area (Å²) in [5.74, 6) is 1.02. The van der Waals surface area contributed by atoms with Crippen molar-refractivity contribution in [3.63, 3.8) is 0 Å². The smallest absolute Gasteiger partial charge is 0.225 e. The summed E-state index contributed by atoms with van der Waals surface area (Å²) in [5, 5.41) is 0. The zero-order valence-corrected chi connectivity index (χ0v) is 18.9. The summed E-state index contributed by atoms with van der Waals surface area (Å²) >= 11 is 0. The quantitative estimate of drug-likeness (QED) is 0.476. The van der Waals surface area contributed by atoms with Crippen LogP contribution in [0.5, 0.6) is 0 Å². The van der Waals surface area contributed by atoms with Crippen LogP contribution in [-0.2, 0) is 21.6 Å². The Bertz CT molecular complexity index is 1250. The van der Waals surface area contributed by atoms with Crippen LogP contribution in [0.1, 0.15) is 5.69 Å². The van der Waals surface area contributed by atoms with Crippen molar-refractivity contribution in [3.05, 3.63) is 30.5 Å². The van der Waals surface area contributed by atoms with E-state index < -0.39 is 10.3 Å². The molecular formula is C20H25N9O3S. The first kappa shape index (κ1) is 21.7. The van der Waals surface area contributed by atoms with Gasteiger partial charge >= 0.3 is 0 Å². The summed E-state index contributed by atoms with van der Waals surface area (Å²) in [6, 6.07) is 0. The highest BCUT2D eigenvalue weighted by molar-refractivity contribution is 7.71. The van der Waals surface area contributed by atoms with E-state index in [1.54, 1.807) is 12.4 Å². The van der Waals surface area contributed by atoms with Crippen molar-refractivity contribution in [2.24, 2.45) is 0 Å². The molecule has 5 rings (SSSR count). The van der Waals surface area contributed by atoms with E-state index in [-0.39, 0.29) is 5.95 Å². The normalized spacial score (nSPS) is 18.0. The van der Waals surface area contributed by atoms with Gasteiger partial charge in [-0.05, 0) is 0 Å². The lowest BCUT2D eigenvalue weighted by molar-refractivity contribution is 0.122. The van der Waals surface area contributed by atoms with E-state index in [0.29, 0.717) is 32.8 Å². The Balaban J connectivity index is 1.44. The van der Waals surface area contributed by atoms with Crippen LogP contribution in [0.4, 0.5) is 11.8 Å². The van der Waals surface area contributed by atoms with Crippen molar-refractivity contribution in [1.82, 2.24) is 34.1 Å². The predicted octanol–water partition coefficient (Wildman–Crippen LogP) is -0.638. The van der Waals surface area contributed by atoms with Gasteiger partial charge < -0.3 is 19.8 Å². The second-order valence-electron chi connectivity index (χ2n) is 8.02. The lowest BCUT2D eigenvalue weighted by Crippen LogP contribution is -2.45. The van der Waals surface area contributed by atoms with Gasteiger partial charge in [0.05, 0.1) is 24.6 Å². The lowest BCUT2D eigenvalue weighted by Gasteiger charge is -2.31. The van der Waals surface area contributed by atoms with Crippen LogP contribution in [0, 0.1) is 0 Å². The number of hydrogen-bond acceptors (Lipinski definition) is 10. The summed E-state index contributed by atoms with van der Waals surface area (Å²) in [4.78, 5) is 24.3. The van der Waals surface area contributed by atoms with E-state index in [2.05, 4.69) is 19.8 Å². The van der Waals surface area contributed by atoms with Gasteiger partial charge in [-0.15, -0.1) is 0 Å². The number of ether oxygens (including phenoxy) is 1. The number of hydrogen-bond donors (Lipinski definition) is 1. The monoisotopic (exact) mass is 471 g/mol. The van der Waals surface area contributed by atoms with Gasteiger partial charge in [0.1, 0.15) is 5.49 Å². The van der Waals surface area contributed by atoms with E-state index >= 15 is 0 Å². The van der Waals surface area contributed by atoms with Crippen molar-refractivity contribution in [2.75, 3.05) is 63.1 Å². The number of fused-ring (bicyclic) bond motifs is 1. The van der Waals surface area contributed by atoms with Crippen LogP contribution >= 0.6 is 0 Å². The molecule has 3 aromatic rings. The Labute approximate surface area is 192 Å². The zero-order chi connectivity index (χ0) is 22.8. The summed E-state index contributed by atoms with van der Waals surface area (Å²) in [6.07, 6.45) is 7.29. The fourth-order valence-electron chi connectivity index (χ4n) is 4.08. The number of rotatable bonds is 5. The number of anilines is 2. The molecular weight excluding hydrogens is 446 g/mol. The highest BCUT2D eigenvalue weighted by atomic mass is 32.2. The van der Waals surface area contributed by atoms with Crippen molar-refractivity contribution >= 4 is 33.2 Å². The van der Waals surface area contributed by atoms with Crippen molar-refractivity contribution < 1.29 is 13.2 Å². The second kappa shape index (κ2) is 9.39. The SMILES string of the molecule is Nc1ncc(-c2cn3cc(CN4CCN(C=S(=O)=O)CC4)nc3c(N3CCOCC3)n2)cn1. The highest BCUT2D eigenvalue weighted by Crippen LogP contribution is 2.26. The second-order valence-corrected chi connectivity index (χ2v) is 8.75. The molecule has 2 saturated heterocycles. The van der Waals surface area contributed by atoms with Crippen LogP contribution < -0.4 is 10.6 Å². The number of aromatic nitrogens is 5. The maximum atomic E-state index is 10.9. The van der Waals surface area contributed by atoms with E-state index in [0.717, 1.165) is 54.6 Å². The van der Waals surface area contributed by atoms with E-state index in [1.807, 2.05) is 21.7 Å². The minimum Gasteiger partial charge on any atom is -0.378 e. The first-order valence-corrected chi connectivity index (χ1v) is 11.9. The highest BCUT2D eigenvalue weighted by Gasteiger charge is 2.21. The summed E-state index contributed by atoms with van der Waals surface area (Å²) < 4.78 is 29.3. The molecule has 2 aliphatic rings. The third-order valence-corrected chi connectivity index (χ3v) is 6.25. The third kappa shape index (κ3) is 4.95. The minimum atomic E-state index is -2.17. The molecule has 174 valence electrons. The van der Waals surface area contributed by atoms with Gasteiger partial charge in [-0.2, -0.15) is 8.42 Å². The molecule has 13 heteroatoms. The maximum Gasteiger partial charge on any atom is 0.225 e. The molecule has 0 saturated carbocycles. The van der Waals surface area contributed by atoms with Crippen molar-refractivity contribution in [3.8, 4) is 11.3 Å². The maximum absolute atomic E-state index is 10.9. The number of piperazine rings is 1. The predicted molar refractivity (Wildman–Crippen MR) is 123 cm³/mol. The lowest BCUT2D eigenvalue weighted by atomic mass is 10.2. The molecule has 0 amide bonds. The van der Waals surface area contributed by atoms with Crippen molar-refractivity contribution in [2.45, 2.75) is 6.54 Å². The molecule has 12 nitrogen and oxygen atoms in total. The molecule has 0 atom stereocenters. The van der Waals surface area contributed by atoms with Gasteiger partial charge in [-0.25, -0.2) is 19.9 Å². The summed E-state index contributed by atoms with van der Waals surface area (Å²) in [6.45, 7) is 6.33. The largest absolute Gasteiger partial charge is 0.378 e. The zero-order valence-electron chi connectivity index (χ0n) is 18.0. The van der Waals surface area contributed by atoms with E-state index in [4.69, 9.17) is 20.4 Å². The number of nitrogens with two attached hydrogens (primary N) is 1. The van der Waals surface area contributed by atoms with Crippen LogP contribution in [0.25, 0.3) is 16.9 Å². The van der Waals surface area contributed by atoms with E-state index in [9.17, 15) is 8.42 Å². The molecule has 0 unspecified atom stereocenters. The van der Waals surface area contributed by atoms with Gasteiger partial charge in [-0.3, -0.25) is 9.80 Å². The Morgan fingerprint density at radius 3 is 2.42 bits per heavy atom. The molecule has 0 spiro atoms. The fourth-order valence-corrected chi connectivity index (χ4v) is 4.54. The average Bonchev–Trinajstić information content (AvgIpc) is 3.23. The topological polar surface area (TPSA) is 135 Å². The first-order valence-electron chi connectivity index (χ1n) is 10.7. The molecule has 0 radical (unpaired) electrons. The van der Waals surface area contributed by atoms with Gasteiger partial charge in [0.2, 0.25) is 16.2 Å². The number of morpholine rings is 1. The van der Waals surface area contributed by atoms with Crippen LogP contribution in [-0.4, -0.2) is 101 Å². The Hall–Kier alpha value is -3.13. The molecule has 2 fully saturated rings. The molecule has 3 aromatic heterocycles. The number of imidazole rings is 1. The fraction of sp³-hybridized carbons (Fsp3) is 0.450. The molecule has 0 aromatic carbocycles. The van der Waals surface area contributed by atoms with Crippen LogP contribution in [0.15, 0.2) is 24.8 Å². The van der Waals surface area contributed by atoms with Crippen LogP contribution in [0.3, 0.4) is 0 Å². The molecule has 2 aliphatic heterocycles. The molecule has 0 aliphatic carbocycles. The minimum absolute atomic E-state index is 0.220. The number of nitrogen functional groups attached to an aromatic ring is 1.